The van der Waals surface area contributed by atoms with Gasteiger partial charge in [-0.2, -0.15) is 0 Å². The van der Waals surface area contributed by atoms with Crippen LogP contribution in [0.25, 0.3) is 32.7 Å². The Morgan fingerprint density at radius 3 is 1.63 bits per heavy atom. The third-order valence-corrected chi connectivity index (χ3v) is 17.4. The number of nitrogens with zero attached hydrogens (tertiary/aromatic N) is 4. The number of aromatic hydroxyl groups is 1. The highest BCUT2D eigenvalue weighted by molar-refractivity contribution is 6.04. The molecule has 3 aliphatic rings. The van der Waals surface area contributed by atoms with Gasteiger partial charge in [-0.3, -0.25) is 4.79 Å². The van der Waals surface area contributed by atoms with Crippen molar-refractivity contribution < 1.29 is 19.8 Å². The van der Waals surface area contributed by atoms with E-state index in [-0.39, 0.29) is 17.9 Å². The van der Waals surface area contributed by atoms with Gasteiger partial charge in [0, 0.05) is 101 Å². The van der Waals surface area contributed by atoms with Crippen molar-refractivity contribution in [1.82, 2.24) is 24.3 Å². The van der Waals surface area contributed by atoms with E-state index in [0.717, 1.165) is 111 Å². The molecule has 3 saturated heterocycles. The van der Waals surface area contributed by atoms with E-state index >= 15 is 0 Å². The Morgan fingerprint density at radius 2 is 1.03 bits per heavy atom. The number of amides is 1. The highest BCUT2D eigenvalue weighted by Gasteiger charge is 2.31. The molecular weight excluding hydrogens is 979 g/mol. The molecule has 0 spiro atoms. The largest absolute Gasteiger partial charge is 0.506 e. The Hall–Kier alpha value is -8.38. The molecule has 6 heterocycles. The third kappa shape index (κ3) is 10.2. The second kappa shape index (κ2) is 21.8. The summed E-state index contributed by atoms with van der Waals surface area (Å²) < 4.78 is 7.06. The minimum atomic E-state index is -0.915. The summed E-state index contributed by atoms with van der Waals surface area (Å²) >= 11 is 0. The molecule has 10 aromatic rings. The van der Waals surface area contributed by atoms with E-state index in [4.69, 9.17) is 0 Å². The maximum Gasteiger partial charge on any atom is 0.336 e. The first-order valence-corrected chi connectivity index (χ1v) is 28.3. The van der Waals surface area contributed by atoms with E-state index in [1.54, 1.807) is 6.07 Å². The zero-order valence-corrected chi connectivity index (χ0v) is 44.5. The smallest absolute Gasteiger partial charge is 0.336 e. The summed E-state index contributed by atoms with van der Waals surface area (Å²) in [6, 6.07) is 55.3. The first-order chi connectivity index (χ1) is 38.8. The van der Waals surface area contributed by atoms with Crippen LogP contribution in [0.5, 0.6) is 5.75 Å². The van der Waals surface area contributed by atoms with Crippen molar-refractivity contribution >= 4 is 56.0 Å². The lowest BCUT2D eigenvalue weighted by Gasteiger charge is -2.34. The summed E-state index contributed by atoms with van der Waals surface area (Å²) in [4.78, 5) is 28.3. The lowest BCUT2D eigenvalue weighted by molar-refractivity contribution is 0.0694. The average Bonchev–Trinajstić information content (AvgIpc) is 4.39. The van der Waals surface area contributed by atoms with Gasteiger partial charge in [-0.1, -0.05) is 103 Å². The lowest BCUT2D eigenvalue weighted by atomic mass is 9.82. The number of benzene rings is 7. The lowest BCUT2D eigenvalue weighted by Crippen LogP contribution is -2.33. The molecule has 5 N–H and O–H groups in total. The van der Waals surface area contributed by atoms with E-state index < -0.39 is 5.97 Å². The van der Waals surface area contributed by atoms with E-state index in [2.05, 4.69) is 144 Å². The Kier molecular flexibility index (Phi) is 13.8. The number of hydrogen-bond donors (Lipinski definition) is 5. The van der Waals surface area contributed by atoms with E-state index in [1.807, 2.05) is 66.7 Å². The predicted molar refractivity (Wildman–Crippen MR) is 317 cm³/mol. The van der Waals surface area contributed by atoms with Crippen molar-refractivity contribution in [2.75, 3.05) is 42.9 Å². The monoisotopic (exact) mass is 1050 g/mol. The summed E-state index contributed by atoms with van der Waals surface area (Å²) in [6.07, 6.45) is 13.0. The van der Waals surface area contributed by atoms with Gasteiger partial charge < -0.3 is 44.8 Å². The molecule has 7 aromatic carbocycles. The van der Waals surface area contributed by atoms with Gasteiger partial charge in [0.15, 0.2) is 0 Å². The van der Waals surface area contributed by atoms with Crippen LogP contribution >= 0.6 is 0 Å². The van der Waals surface area contributed by atoms with Crippen molar-refractivity contribution in [3.8, 4) is 5.75 Å². The first kappa shape index (κ1) is 50.1. The number of phenols is 1. The number of aromatic nitrogens is 3. The van der Waals surface area contributed by atoms with E-state index in [0.29, 0.717) is 41.8 Å². The number of hydrogen-bond acceptors (Lipinski definition) is 6. The normalized spacial score (nSPS) is 17.4. The van der Waals surface area contributed by atoms with Crippen LogP contribution in [0.15, 0.2) is 182 Å². The number of carbonyl (C=O) groups is 2. The number of carbonyl (C=O) groups excluding carboxylic acids is 1. The summed E-state index contributed by atoms with van der Waals surface area (Å²) in [7, 11) is 0. The van der Waals surface area contributed by atoms with E-state index in [1.165, 1.54) is 49.4 Å². The molecule has 79 heavy (non-hydrogen) atoms. The number of carboxylic acids is 1. The number of piperidine rings is 3. The van der Waals surface area contributed by atoms with Crippen molar-refractivity contribution in [3.63, 3.8) is 0 Å². The number of fused-ring (bicyclic) bond motifs is 3. The van der Waals surface area contributed by atoms with Crippen LogP contribution in [0, 0.1) is 0 Å². The maximum absolute atomic E-state index is 13.0. The van der Waals surface area contributed by atoms with Crippen molar-refractivity contribution in [1.29, 1.82) is 0 Å². The Balaban J connectivity index is 0.704. The summed E-state index contributed by atoms with van der Waals surface area (Å²) in [5.41, 5.74) is 14.5. The minimum absolute atomic E-state index is 0.140. The molecule has 13 rings (SSSR count). The van der Waals surface area contributed by atoms with Gasteiger partial charge in [0.1, 0.15) is 5.75 Å². The standard InChI is InChI=1S/C68H67N7O4/c76-66-25-21-47(41-75-42-58(48-26-31-69-32-27-48)53-12-4-7-15-62(53)75)37-65(66)72-34-29-49(30-35-72)59-43-74(63-16-8-5-13-54(59)63)40-46-20-24-56(68(78)79)57(36-46)61-38-51(28-33-70-61)60-44-73(64-17-9-6-14-55(60)64)39-45-18-22-50(23-19-45)67(77)71-52-10-2-1-3-11-52/h1-25,36-37,42-44,48-49,51,61,69-70,76H,26-35,38-41H2,(H,71,77)(H,78,79). The second-order valence-electron chi connectivity index (χ2n) is 22.3. The van der Waals surface area contributed by atoms with Crippen molar-refractivity contribution in [2.24, 2.45) is 0 Å². The third-order valence-electron chi connectivity index (χ3n) is 17.4. The van der Waals surface area contributed by atoms with Gasteiger partial charge in [0.2, 0.25) is 0 Å². The maximum atomic E-state index is 13.0. The molecule has 11 heteroatoms. The van der Waals surface area contributed by atoms with Gasteiger partial charge >= 0.3 is 5.97 Å². The van der Waals surface area contributed by atoms with Crippen LogP contribution in [-0.2, 0) is 19.6 Å². The Morgan fingerprint density at radius 1 is 0.519 bits per heavy atom. The van der Waals surface area contributed by atoms with Crippen LogP contribution in [0.4, 0.5) is 11.4 Å². The number of nitrogens with one attached hydrogen (secondary N) is 3. The van der Waals surface area contributed by atoms with Crippen LogP contribution in [-0.4, -0.2) is 68.5 Å². The van der Waals surface area contributed by atoms with Crippen molar-refractivity contribution in [2.45, 2.75) is 82.0 Å². The highest BCUT2D eigenvalue weighted by atomic mass is 16.4. The van der Waals surface area contributed by atoms with Crippen LogP contribution in [0.2, 0.25) is 0 Å². The number of rotatable bonds is 14. The number of anilines is 2. The number of phenolic OH excluding ortho intramolecular Hbond substituents is 1. The molecule has 11 nitrogen and oxygen atoms in total. The molecule has 0 bridgehead atoms. The Bertz CT molecular complexity index is 3840. The van der Waals surface area contributed by atoms with Gasteiger partial charge in [-0.05, 0) is 176 Å². The molecule has 0 saturated carbocycles. The molecule has 0 radical (unpaired) electrons. The molecule has 1 amide bonds. The summed E-state index contributed by atoms with van der Waals surface area (Å²) in [6.45, 7) is 6.60. The Labute approximate surface area is 461 Å². The quantitative estimate of drug-likeness (QED) is 0.0734. The van der Waals surface area contributed by atoms with Gasteiger partial charge in [0.25, 0.3) is 5.91 Å². The van der Waals surface area contributed by atoms with Crippen molar-refractivity contribution in [3.05, 3.63) is 232 Å². The molecule has 3 aromatic heterocycles. The van der Waals surface area contributed by atoms with Gasteiger partial charge in [0.05, 0.1) is 11.3 Å². The minimum Gasteiger partial charge on any atom is -0.506 e. The number of para-hydroxylation sites is 4. The SMILES string of the molecule is O=C(Nc1ccccc1)c1ccc(Cn2cc(C3CCNC(c4cc(Cn5cc(C6CCN(c7cc(Cn8cc(C9CCNCC9)c9ccccc98)ccc7O)CC6)c6ccccc65)ccc4C(=O)O)C3)c3ccccc32)cc1. The molecule has 2 atom stereocenters. The van der Waals surface area contributed by atoms with Gasteiger partial charge in [-0.15, -0.1) is 0 Å². The fourth-order valence-corrected chi connectivity index (χ4v) is 13.4. The van der Waals surface area contributed by atoms with Crippen LogP contribution in [0.1, 0.15) is 122 Å². The van der Waals surface area contributed by atoms with Crippen LogP contribution in [0.3, 0.4) is 0 Å². The van der Waals surface area contributed by atoms with E-state index in [9.17, 15) is 19.8 Å². The summed E-state index contributed by atoms with van der Waals surface area (Å²) in [5, 5.41) is 36.0. The average molecular weight is 1050 g/mol. The second-order valence-corrected chi connectivity index (χ2v) is 22.3. The molecular formula is C68H67N7O4. The zero-order valence-electron chi connectivity index (χ0n) is 44.5. The molecule has 3 aliphatic heterocycles. The fraction of sp³-hybridized carbons (Fsp3) is 0.265. The predicted octanol–water partition coefficient (Wildman–Crippen LogP) is 13.4. The fourth-order valence-electron chi connectivity index (χ4n) is 13.4. The van der Waals surface area contributed by atoms with Gasteiger partial charge in [-0.25, -0.2) is 4.79 Å². The number of carboxylic acid groups (broad SMARTS) is 1. The first-order valence-electron chi connectivity index (χ1n) is 28.3. The molecule has 0 aliphatic carbocycles. The molecule has 398 valence electrons. The number of aromatic carboxylic acids is 1. The highest BCUT2D eigenvalue weighted by Crippen LogP contribution is 2.42. The summed E-state index contributed by atoms with van der Waals surface area (Å²) in [5.74, 6) is 0.404. The van der Waals surface area contributed by atoms with Crippen LogP contribution < -0.4 is 20.9 Å². The zero-order chi connectivity index (χ0) is 53.4. The molecule has 2 unspecified atom stereocenters. The molecule has 3 fully saturated rings. The topological polar surface area (TPSA) is 129 Å².